The topological polar surface area (TPSA) is 387 Å². The molecule has 0 saturated carbocycles. The number of β-lactam (4-membered cyclic amide) rings is 2. The number of aliphatic carboxylic acids is 3. The Kier molecular flexibility index (Phi) is 15.0. The predicted molar refractivity (Wildman–Crippen MR) is 241 cm³/mol. The number of thioether (sulfide) groups is 2. The highest BCUT2D eigenvalue weighted by Crippen LogP contribution is 2.42. The molecule has 0 radical (unpaired) electrons. The number of carbonyl (C=O) groups is 10. The SMILES string of the molecule is CC(=O)OCC1=C(C(=O)O)N2C(=O)[C@@H](NC(=O)/C(=N\OC(C)(C)C(=O)O)c3csc(NC(=O)C4=C(COC(C)=O)CS[C@@H]5[C@H](NC(=O)/C(=N\OC(C)(C)C(=O)O)c6csc(N)n6)C(=O)N45)n3)[C@H]2SC1. The molecule has 0 aliphatic carbocycles. The Morgan fingerprint density at radius 1 is 0.725 bits per heavy atom. The van der Waals surface area contributed by atoms with Crippen LogP contribution in [0, 0.1) is 0 Å². The molecule has 4 aliphatic heterocycles. The third-order valence-electron chi connectivity index (χ3n) is 9.91. The predicted octanol–water partition coefficient (Wildman–Crippen LogP) is -0.493. The van der Waals surface area contributed by atoms with Crippen LogP contribution in [0.1, 0.15) is 52.9 Å². The van der Waals surface area contributed by atoms with Crippen molar-refractivity contribution in [1.82, 2.24) is 30.4 Å². The van der Waals surface area contributed by atoms with E-state index in [1.807, 2.05) is 0 Å². The van der Waals surface area contributed by atoms with E-state index >= 15 is 0 Å². The Labute approximate surface area is 404 Å². The molecule has 0 spiro atoms. The Balaban J connectivity index is 1.23. The molecule has 6 rings (SSSR count). The monoisotopic (exact) mass is 1040 g/mol. The highest BCUT2D eigenvalue weighted by atomic mass is 32.2. The summed E-state index contributed by atoms with van der Waals surface area (Å²) >= 11 is 3.86. The Bertz CT molecular complexity index is 2690. The number of carboxylic acid groups (broad SMARTS) is 3. The van der Waals surface area contributed by atoms with Crippen LogP contribution in [-0.2, 0) is 67.1 Å². The lowest BCUT2D eigenvalue weighted by Crippen LogP contribution is -2.71. The van der Waals surface area contributed by atoms with E-state index < -0.39 is 117 Å². The second-order valence-electron chi connectivity index (χ2n) is 15.7. The average molecular weight is 1040 g/mol. The molecule has 5 amide bonds. The van der Waals surface area contributed by atoms with Crippen LogP contribution < -0.4 is 21.7 Å². The minimum Gasteiger partial charge on any atom is -0.478 e. The molecule has 2 saturated heterocycles. The van der Waals surface area contributed by atoms with E-state index in [0.717, 1.165) is 83.7 Å². The lowest BCUT2D eigenvalue weighted by Gasteiger charge is -2.49. The van der Waals surface area contributed by atoms with E-state index in [1.54, 1.807) is 0 Å². The number of nitrogens with zero attached hydrogens (tertiary/aromatic N) is 6. The maximum Gasteiger partial charge on any atom is 0.352 e. The first-order valence-corrected chi connectivity index (χ1v) is 23.6. The summed E-state index contributed by atoms with van der Waals surface area (Å²) in [6, 6.07) is -2.61. The zero-order chi connectivity index (χ0) is 50.9. The van der Waals surface area contributed by atoms with Crippen LogP contribution in [0.3, 0.4) is 0 Å². The number of carbonyl (C=O) groups excluding carboxylic acids is 7. The standard InChI is InChI=1S/C38H40N10O17S4/c1-13(49)62-7-15-9-66-30-21(42-25(51)19(17-11-68-35(39)40-17)45-64-37(3,4)33(58)59)28(54)47(30)23(15)27(53)44-36-41-18(12-69-36)20(46-65-38(5,6)34(60)61)26(52)43-22-29(55)48-24(32(56)57)16(8-63-14(2)50)10-67-31(22)48/h11-12,21-22,30-31H,7-10H2,1-6H3,(H2,39,40)(H,42,51)(H,43,52)(H,56,57)(H,58,59)(H,60,61)(H,41,44,53)/b45-19-,46-20-/t21-,22-,30-,31-/m1/s1. The van der Waals surface area contributed by atoms with Crippen LogP contribution in [-0.4, -0.2) is 165 Å². The van der Waals surface area contributed by atoms with Crippen molar-refractivity contribution in [1.29, 1.82) is 0 Å². The maximum absolute atomic E-state index is 14.1. The fraction of sp³-hybridized carbons (Fsp3) is 0.421. The van der Waals surface area contributed by atoms with Crippen molar-refractivity contribution in [2.75, 3.05) is 35.8 Å². The summed E-state index contributed by atoms with van der Waals surface area (Å²) in [6.07, 6.45) is 0. The quantitative estimate of drug-likeness (QED) is 0.0404. The minimum absolute atomic E-state index is 0.000968. The molecular formula is C38H40N10O17S4. The number of nitrogens with two attached hydrogens (primary N) is 1. The van der Waals surface area contributed by atoms with Crippen LogP contribution in [0.5, 0.6) is 0 Å². The maximum atomic E-state index is 14.1. The second kappa shape index (κ2) is 20.2. The molecule has 31 heteroatoms. The number of hydrogen-bond donors (Lipinski definition) is 7. The second-order valence-corrected chi connectivity index (χ2v) is 19.7. The first-order chi connectivity index (χ1) is 32.3. The van der Waals surface area contributed by atoms with Gasteiger partial charge in [-0.3, -0.25) is 48.7 Å². The van der Waals surface area contributed by atoms with E-state index in [0.29, 0.717) is 0 Å². The van der Waals surface area contributed by atoms with Crippen molar-refractivity contribution < 1.29 is 82.4 Å². The van der Waals surface area contributed by atoms with Crippen molar-refractivity contribution in [2.45, 2.75) is 75.6 Å². The molecule has 2 aromatic rings. The smallest absolute Gasteiger partial charge is 0.352 e. The number of ether oxygens (including phenoxy) is 2. The molecule has 27 nitrogen and oxygen atoms in total. The molecule has 0 aromatic carbocycles. The number of nitrogen functional groups attached to an aromatic ring is 1. The van der Waals surface area contributed by atoms with Gasteiger partial charge in [-0.2, -0.15) is 0 Å². The Morgan fingerprint density at radius 3 is 1.58 bits per heavy atom. The summed E-state index contributed by atoms with van der Waals surface area (Å²) in [5.41, 5.74) is -0.0745. The third kappa shape index (κ3) is 10.9. The minimum atomic E-state index is -2.00. The van der Waals surface area contributed by atoms with Gasteiger partial charge in [0.25, 0.3) is 29.5 Å². The number of fused-ring (bicyclic) bond motifs is 2. The molecule has 2 aromatic heterocycles. The fourth-order valence-corrected chi connectivity index (χ4v) is 10.1. The molecular weight excluding hydrogens is 997 g/mol. The lowest BCUT2D eigenvalue weighted by atomic mass is 10.0. The highest BCUT2D eigenvalue weighted by Gasteiger charge is 2.56. The normalized spacial score (nSPS) is 20.4. The van der Waals surface area contributed by atoms with Gasteiger partial charge in [-0.15, -0.1) is 46.2 Å². The average Bonchev–Trinajstić information content (AvgIpc) is 3.93. The summed E-state index contributed by atoms with van der Waals surface area (Å²) in [5, 5.41) is 44.6. The number of hydrogen-bond acceptors (Lipinski definition) is 23. The summed E-state index contributed by atoms with van der Waals surface area (Å²) in [7, 11) is 0. The van der Waals surface area contributed by atoms with Gasteiger partial charge in [-0.05, 0) is 27.7 Å². The van der Waals surface area contributed by atoms with Gasteiger partial charge in [-0.1, -0.05) is 10.3 Å². The zero-order valence-electron chi connectivity index (χ0n) is 36.7. The molecule has 2 fully saturated rings. The van der Waals surface area contributed by atoms with E-state index in [4.69, 9.17) is 24.9 Å². The molecule has 4 aliphatic rings. The third-order valence-corrected chi connectivity index (χ3v) is 14.0. The van der Waals surface area contributed by atoms with Gasteiger partial charge in [0.1, 0.15) is 58.8 Å². The van der Waals surface area contributed by atoms with Crippen LogP contribution in [0.2, 0.25) is 0 Å². The van der Waals surface area contributed by atoms with E-state index in [1.165, 1.54) is 24.6 Å². The van der Waals surface area contributed by atoms with Crippen LogP contribution in [0.4, 0.5) is 10.3 Å². The van der Waals surface area contributed by atoms with Crippen molar-refractivity contribution >= 4 is 127 Å². The summed E-state index contributed by atoms with van der Waals surface area (Å²) in [6.45, 7) is 6.07. The van der Waals surface area contributed by atoms with Gasteiger partial charge < -0.3 is 50.8 Å². The van der Waals surface area contributed by atoms with Gasteiger partial charge in [0, 0.05) is 47.3 Å². The van der Waals surface area contributed by atoms with Crippen molar-refractivity contribution in [3.05, 3.63) is 44.7 Å². The molecule has 4 atom stereocenters. The number of anilines is 2. The number of thiazole rings is 2. The van der Waals surface area contributed by atoms with Crippen LogP contribution in [0.25, 0.3) is 0 Å². The molecule has 69 heavy (non-hydrogen) atoms. The first-order valence-electron chi connectivity index (χ1n) is 19.8. The largest absolute Gasteiger partial charge is 0.478 e. The first kappa shape index (κ1) is 51.3. The van der Waals surface area contributed by atoms with Crippen molar-refractivity contribution in [3.63, 3.8) is 0 Å². The fourth-order valence-electron chi connectivity index (χ4n) is 6.20. The lowest BCUT2D eigenvalue weighted by molar-refractivity contribution is -0.161. The van der Waals surface area contributed by atoms with Crippen molar-refractivity contribution in [3.8, 4) is 0 Å². The van der Waals surface area contributed by atoms with Crippen molar-refractivity contribution in [2.24, 2.45) is 10.3 Å². The van der Waals surface area contributed by atoms with Gasteiger partial charge >= 0.3 is 29.8 Å². The number of aromatic nitrogens is 2. The Morgan fingerprint density at radius 2 is 1.16 bits per heavy atom. The number of oxime groups is 2. The van der Waals surface area contributed by atoms with E-state index in [9.17, 15) is 63.3 Å². The number of rotatable bonds is 19. The zero-order valence-corrected chi connectivity index (χ0v) is 40.0. The molecule has 0 unspecified atom stereocenters. The highest BCUT2D eigenvalue weighted by molar-refractivity contribution is 8.00. The van der Waals surface area contributed by atoms with E-state index in [2.05, 4.69) is 36.2 Å². The van der Waals surface area contributed by atoms with E-state index in [-0.39, 0.29) is 56.6 Å². The van der Waals surface area contributed by atoms with Gasteiger partial charge in [-0.25, -0.2) is 24.4 Å². The number of amides is 5. The van der Waals surface area contributed by atoms with Crippen LogP contribution in [0.15, 0.2) is 43.6 Å². The molecule has 8 N–H and O–H groups in total. The van der Waals surface area contributed by atoms with Gasteiger partial charge in [0.05, 0.1) is 0 Å². The number of carboxylic acids is 3. The van der Waals surface area contributed by atoms with Crippen LogP contribution >= 0.6 is 46.2 Å². The molecule has 0 bridgehead atoms. The van der Waals surface area contributed by atoms with Gasteiger partial charge in [0.2, 0.25) is 11.2 Å². The Hall–Kier alpha value is -7.12. The summed E-state index contributed by atoms with van der Waals surface area (Å²) in [5.74, 6) is -10.4. The summed E-state index contributed by atoms with van der Waals surface area (Å²) in [4.78, 5) is 148. The van der Waals surface area contributed by atoms with Gasteiger partial charge in [0.15, 0.2) is 21.7 Å². The number of esters is 2. The summed E-state index contributed by atoms with van der Waals surface area (Å²) < 4.78 is 10.1. The number of nitrogens with one attached hydrogen (secondary N) is 3. The molecule has 368 valence electrons. The molecule has 6 heterocycles.